The molecule has 1 N–H and O–H groups in total. The quantitative estimate of drug-likeness (QED) is 0.334. The van der Waals surface area contributed by atoms with Crippen LogP contribution in [0.25, 0.3) is 10.9 Å². The van der Waals surface area contributed by atoms with Crippen LogP contribution in [-0.2, 0) is 16.8 Å². The molecule has 1 aromatic heterocycles. The molecule has 4 rings (SSSR count). The molecule has 5 nitrogen and oxygen atoms in total. The van der Waals surface area contributed by atoms with E-state index in [1.54, 1.807) is 12.1 Å². The lowest BCUT2D eigenvalue weighted by Crippen LogP contribution is -2.35. The minimum Gasteiger partial charge on any atom is -0.465 e. The molecule has 2 aromatic carbocycles. The van der Waals surface area contributed by atoms with E-state index in [4.69, 9.17) is 4.74 Å². The number of ether oxygens (including phenoxy) is 1. The van der Waals surface area contributed by atoms with E-state index >= 15 is 0 Å². The number of aromatic nitrogens is 1. The third-order valence-corrected chi connectivity index (χ3v) is 5.80. The second-order valence-corrected chi connectivity index (χ2v) is 7.79. The Morgan fingerprint density at radius 2 is 1.93 bits per heavy atom. The number of fused-ring (bicyclic) bond motifs is 1. The van der Waals surface area contributed by atoms with Gasteiger partial charge in [0.1, 0.15) is 0 Å². The number of hydrogen-bond donors (Lipinski definition) is 1. The Morgan fingerprint density at radius 1 is 1.17 bits per heavy atom. The number of amides is 1. The number of aryl methyl sites for hydroxylation is 1. The van der Waals surface area contributed by atoms with Crippen LogP contribution >= 0.6 is 0 Å². The van der Waals surface area contributed by atoms with E-state index in [0.29, 0.717) is 11.1 Å². The summed E-state index contributed by atoms with van der Waals surface area (Å²) in [5.41, 5.74) is 2.81. The highest BCUT2D eigenvalue weighted by atomic mass is 16.5. The number of nitrogens with one attached hydrogen (secondary N) is 1. The fraction of sp³-hybridized carbons (Fsp3) is 0.280. The first-order chi connectivity index (χ1) is 14.6. The molecule has 154 valence electrons. The fourth-order valence-corrected chi connectivity index (χ4v) is 3.98. The number of para-hydroxylation sites is 1. The van der Waals surface area contributed by atoms with Crippen molar-refractivity contribution in [3.63, 3.8) is 0 Å². The van der Waals surface area contributed by atoms with Crippen molar-refractivity contribution in [2.45, 2.75) is 37.8 Å². The summed E-state index contributed by atoms with van der Waals surface area (Å²) < 4.78 is 6.91. The van der Waals surface area contributed by atoms with Gasteiger partial charge in [0.25, 0.3) is 5.91 Å². The molecule has 3 aromatic rings. The smallest absolute Gasteiger partial charge is 0.337 e. The zero-order chi connectivity index (χ0) is 21.1. The molecular weight excluding hydrogens is 376 g/mol. The first kappa shape index (κ1) is 20.0. The van der Waals surface area contributed by atoms with Gasteiger partial charge in [0, 0.05) is 18.1 Å². The summed E-state index contributed by atoms with van der Waals surface area (Å²) in [6.07, 6.45) is 7.66. The Balaban J connectivity index is 1.58. The molecule has 1 aliphatic rings. The number of carbonyl (C=O) groups excluding carboxylic acids is 2. The van der Waals surface area contributed by atoms with Crippen molar-refractivity contribution in [1.29, 1.82) is 0 Å². The molecule has 0 atom stereocenters. The molecule has 0 radical (unpaired) electrons. The van der Waals surface area contributed by atoms with Crippen molar-refractivity contribution in [2.75, 3.05) is 7.11 Å². The Kier molecular flexibility index (Phi) is 5.44. The Hall–Kier alpha value is -3.34. The van der Waals surface area contributed by atoms with E-state index in [1.807, 2.05) is 42.6 Å². The highest BCUT2D eigenvalue weighted by molar-refractivity contribution is 6.06. The monoisotopic (exact) mass is 402 g/mol. The van der Waals surface area contributed by atoms with Gasteiger partial charge in [-0.25, -0.2) is 4.79 Å². The zero-order valence-electron chi connectivity index (χ0n) is 17.2. The van der Waals surface area contributed by atoms with E-state index in [-0.39, 0.29) is 17.4 Å². The first-order valence-electron chi connectivity index (χ1n) is 10.3. The van der Waals surface area contributed by atoms with Gasteiger partial charge in [0.2, 0.25) is 0 Å². The van der Waals surface area contributed by atoms with Crippen LogP contribution in [0.2, 0.25) is 0 Å². The number of nitrogens with zero attached hydrogens (tertiary/aromatic N) is 1. The minimum absolute atomic E-state index is 0.0705. The maximum Gasteiger partial charge on any atom is 0.337 e. The fourth-order valence-electron chi connectivity index (χ4n) is 3.98. The lowest BCUT2D eigenvalue weighted by molar-refractivity contribution is 0.0600. The average Bonchev–Trinajstić information content (AvgIpc) is 3.44. The number of esters is 1. The second-order valence-electron chi connectivity index (χ2n) is 7.79. The topological polar surface area (TPSA) is 60.3 Å². The number of rotatable bonds is 8. The predicted molar refractivity (Wildman–Crippen MR) is 118 cm³/mol. The molecule has 0 bridgehead atoms. The van der Waals surface area contributed by atoms with Gasteiger partial charge in [0.05, 0.1) is 29.3 Å². The van der Waals surface area contributed by atoms with Gasteiger partial charge >= 0.3 is 5.97 Å². The highest BCUT2D eigenvalue weighted by Gasteiger charge is 2.46. The summed E-state index contributed by atoms with van der Waals surface area (Å²) in [4.78, 5) is 25.0. The van der Waals surface area contributed by atoms with Gasteiger partial charge in [-0.3, -0.25) is 4.79 Å². The van der Waals surface area contributed by atoms with Crippen molar-refractivity contribution >= 4 is 22.8 Å². The molecule has 0 saturated heterocycles. The van der Waals surface area contributed by atoms with Gasteiger partial charge in [0.15, 0.2) is 0 Å². The van der Waals surface area contributed by atoms with Gasteiger partial charge in [-0.05, 0) is 55.5 Å². The molecule has 0 spiro atoms. The summed E-state index contributed by atoms with van der Waals surface area (Å²) in [6.45, 7) is 4.63. The molecule has 1 fully saturated rings. The van der Waals surface area contributed by atoms with Crippen LogP contribution < -0.4 is 5.32 Å². The number of benzene rings is 2. The van der Waals surface area contributed by atoms with Crippen LogP contribution in [0.5, 0.6) is 0 Å². The van der Waals surface area contributed by atoms with Crippen molar-refractivity contribution in [3.05, 3.63) is 84.1 Å². The standard InChI is InChI=1S/C25H26N2O3/c1-3-4-5-16-27-17-13-18-7-6-8-21(22(18)27)23(28)26-25(14-15-25)20-11-9-19(10-12-20)24(29)30-2/h3,6-13,17H,1,4-5,14-16H2,2H3,(H,26,28). The van der Waals surface area contributed by atoms with Crippen molar-refractivity contribution in [2.24, 2.45) is 0 Å². The highest BCUT2D eigenvalue weighted by Crippen LogP contribution is 2.45. The summed E-state index contributed by atoms with van der Waals surface area (Å²) >= 11 is 0. The summed E-state index contributed by atoms with van der Waals surface area (Å²) in [5.74, 6) is -0.432. The van der Waals surface area contributed by atoms with E-state index in [0.717, 1.165) is 48.7 Å². The largest absolute Gasteiger partial charge is 0.465 e. The number of allylic oxidation sites excluding steroid dienone is 1. The van der Waals surface area contributed by atoms with Crippen LogP contribution in [-0.4, -0.2) is 23.6 Å². The summed E-state index contributed by atoms with van der Waals surface area (Å²) in [7, 11) is 1.37. The number of carbonyl (C=O) groups is 2. The Labute approximate surface area is 176 Å². The van der Waals surface area contributed by atoms with Crippen LogP contribution in [0, 0.1) is 0 Å². The number of hydrogen-bond acceptors (Lipinski definition) is 3. The third kappa shape index (κ3) is 3.75. The van der Waals surface area contributed by atoms with E-state index in [9.17, 15) is 9.59 Å². The minimum atomic E-state index is -0.367. The molecule has 1 amide bonds. The lowest BCUT2D eigenvalue weighted by Gasteiger charge is -2.19. The Bertz CT molecular complexity index is 1090. The molecule has 30 heavy (non-hydrogen) atoms. The van der Waals surface area contributed by atoms with Gasteiger partial charge in [-0.2, -0.15) is 0 Å². The van der Waals surface area contributed by atoms with E-state index in [2.05, 4.69) is 22.5 Å². The molecule has 1 heterocycles. The number of methoxy groups -OCH3 is 1. The van der Waals surface area contributed by atoms with Gasteiger partial charge in [-0.15, -0.1) is 6.58 Å². The molecule has 1 aliphatic carbocycles. The lowest BCUT2D eigenvalue weighted by atomic mass is 10.0. The van der Waals surface area contributed by atoms with Crippen molar-refractivity contribution in [3.8, 4) is 0 Å². The van der Waals surface area contributed by atoms with Crippen LogP contribution in [0.4, 0.5) is 0 Å². The predicted octanol–water partition coefficient (Wildman–Crippen LogP) is 4.81. The molecule has 0 unspecified atom stereocenters. The van der Waals surface area contributed by atoms with Crippen molar-refractivity contribution < 1.29 is 14.3 Å². The van der Waals surface area contributed by atoms with Crippen LogP contribution in [0.1, 0.15) is 52.0 Å². The van der Waals surface area contributed by atoms with Crippen LogP contribution in [0.3, 0.4) is 0 Å². The summed E-state index contributed by atoms with van der Waals surface area (Å²) in [6, 6.07) is 15.2. The Morgan fingerprint density at radius 3 is 2.60 bits per heavy atom. The molecule has 1 saturated carbocycles. The van der Waals surface area contributed by atoms with E-state index < -0.39 is 0 Å². The number of unbranched alkanes of at least 4 members (excludes halogenated alkanes) is 1. The van der Waals surface area contributed by atoms with Gasteiger partial charge in [-0.1, -0.05) is 30.3 Å². The third-order valence-electron chi connectivity index (χ3n) is 5.80. The maximum absolute atomic E-state index is 13.3. The SMILES string of the molecule is C=CCCCn1ccc2cccc(C(=O)NC3(c4ccc(C(=O)OC)cc4)CC3)c21. The van der Waals surface area contributed by atoms with Crippen LogP contribution in [0.15, 0.2) is 67.4 Å². The van der Waals surface area contributed by atoms with Gasteiger partial charge < -0.3 is 14.6 Å². The summed E-state index contributed by atoms with van der Waals surface area (Å²) in [5, 5.41) is 4.32. The maximum atomic E-state index is 13.3. The average molecular weight is 402 g/mol. The first-order valence-corrected chi connectivity index (χ1v) is 10.3. The van der Waals surface area contributed by atoms with Crippen molar-refractivity contribution in [1.82, 2.24) is 9.88 Å². The van der Waals surface area contributed by atoms with E-state index in [1.165, 1.54) is 7.11 Å². The molecule has 5 heteroatoms. The molecule has 0 aliphatic heterocycles. The zero-order valence-corrected chi connectivity index (χ0v) is 17.2. The molecular formula is C25H26N2O3. The normalized spacial score (nSPS) is 14.3. The second kappa shape index (κ2) is 8.19.